The van der Waals surface area contributed by atoms with Crippen molar-refractivity contribution in [2.24, 2.45) is 10.2 Å². The number of azo groups is 1. The van der Waals surface area contributed by atoms with E-state index in [-0.39, 0.29) is 16.1 Å². The minimum Gasteiger partial charge on any atom is -0.497 e. The molecule has 176 valence electrons. The van der Waals surface area contributed by atoms with Crippen LogP contribution in [0.2, 0.25) is 0 Å². The number of carbonyl (C=O) groups is 1. The summed E-state index contributed by atoms with van der Waals surface area (Å²) >= 11 is 0. The second kappa shape index (κ2) is 10.6. The Hall–Kier alpha value is -4.50. The number of hydrogen-bond donors (Lipinski definition) is 2. The van der Waals surface area contributed by atoms with Gasteiger partial charge in [0.1, 0.15) is 5.75 Å². The fourth-order valence-corrected chi connectivity index (χ4v) is 4.23. The van der Waals surface area contributed by atoms with Crippen LogP contribution >= 0.6 is 0 Å². The summed E-state index contributed by atoms with van der Waals surface area (Å²) in [5.74, 6) is 0.0768. The number of para-hydroxylation sites is 1. The maximum absolute atomic E-state index is 12.9. The lowest BCUT2D eigenvalue weighted by atomic mass is 10.1. The third-order valence-corrected chi connectivity index (χ3v) is 6.33. The van der Waals surface area contributed by atoms with Crippen LogP contribution in [0.4, 0.5) is 22.7 Å². The molecule has 0 bridgehead atoms. The highest BCUT2D eigenvalue weighted by molar-refractivity contribution is 7.92. The van der Waals surface area contributed by atoms with Crippen molar-refractivity contribution in [2.45, 2.75) is 4.90 Å². The lowest BCUT2D eigenvalue weighted by Gasteiger charge is -2.13. The van der Waals surface area contributed by atoms with Crippen LogP contribution in [0.15, 0.2) is 118 Å². The van der Waals surface area contributed by atoms with Crippen LogP contribution in [0.5, 0.6) is 5.75 Å². The molecule has 0 aliphatic heterocycles. The van der Waals surface area contributed by atoms with Crippen LogP contribution in [0.25, 0.3) is 0 Å². The van der Waals surface area contributed by atoms with Crippen molar-refractivity contribution in [1.82, 2.24) is 0 Å². The molecule has 0 saturated carbocycles. The molecule has 1 amide bonds. The Kier molecular flexibility index (Phi) is 7.18. The summed E-state index contributed by atoms with van der Waals surface area (Å²) < 4.78 is 33.2. The fraction of sp³-hybridized carbons (Fsp3) is 0.0385. The van der Waals surface area contributed by atoms with E-state index < -0.39 is 15.9 Å². The highest BCUT2D eigenvalue weighted by Gasteiger charge is 2.19. The van der Waals surface area contributed by atoms with E-state index in [0.717, 1.165) is 5.69 Å². The Morgan fingerprint density at radius 3 is 2.00 bits per heavy atom. The Balaban J connectivity index is 1.47. The molecule has 0 aliphatic rings. The first-order valence-electron chi connectivity index (χ1n) is 10.6. The predicted molar refractivity (Wildman–Crippen MR) is 135 cm³/mol. The maximum Gasteiger partial charge on any atom is 0.261 e. The van der Waals surface area contributed by atoms with Crippen LogP contribution in [0.1, 0.15) is 10.4 Å². The average Bonchev–Trinajstić information content (AvgIpc) is 2.89. The molecular formula is C26H22N4O4S. The summed E-state index contributed by atoms with van der Waals surface area (Å²) in [4.78, 5) is 13.0. The molecule has 0 atom stereocenters. The van der Waals surface area contributed by atoms with Gasteiger partial charge in [-0.2, -0.15) is 10.2 Å². The van der Waals surface area contributed by atoms with Gasteiger partial charge < -0.3 is 10.1 Å². The van der Waals surface area contributed by atoms with Gasteiger partial charge in [-0.3, -0.25) is 9.52 Å². The molecule has 9 heteroatoms. The molecule has 4 aromatic carbocycles. The van der Waals surface area contributed by atoms with Crippen LogP contribution in [0, 0.1) is 0 Å². The fourth-order valence-electron chi connectivity index (χ4n) is 3.15. The van der Waals surface area contributed by atoms with E-state index in [1.807, 2.05) is 30.3 Å². The normalized spacial score (nSPS) is 11.2. The average molecular weight is 487 g/mol. The van der Waals surface area contributed by atoms with E-state index in [1.165, 1.54) is 25.3 Å². The zero-order chi connectivity index (χ0) is 24.7. The van der Waals surface area contributed by atoms with Gasteiger partial charge in [0.25, 0.3) is 15.9 Å². The molecule has 0 fully saturated rings. The summed E-state index contributed by atoms with van der Waals surface area (Å²) in [6, 6.07) is 28.5. The lowest BCUT2D eigenvalue weighted by Crippen LogP contribution is -2.18. The first-order valence-corrected chi connectivity index (χ1v) is 12.1. The number of amides is 1. The van der Waals surface area contributed by atoms with Crippen molar-refractivity contribution in [3.05, 3.63) is 109 Å². The van der Waals surface area contributed by atoms with Crippen molar-refractivity contribution >= 4 is 38.7 Å². The summed E-state index contributed by atoms with van der Waals surface area (Å²) in [5.41, 5.74) is 2.23. The Bertz CT molecular complexity index is 1440. The third kappa shape index (κ3) is 6.10. The van der Waals surface area contributed by atoms with Gasteiger partial charge in [0.15, 0.2) is 0 Å². The Morgan fingerprint density at radius 1 is 0.743 bits per heavy atom. The molecule has 0 saturated heterocycles. The van der Waals surface area contributed by atoms with Gasteiger partial charge in [-0.05, 0) is 72.8 Å². The van der Waals surface area contributed by atoms with Crippen LogP contribution in [-0.2, 0) is 10.0 Å². The number of sulfonamides is 1. The smallest absolute Gasteiger partial charge is 0.261 e. The second-order valence-corrected chi connectivity index (χ2v) is 9.05. The summed E-state index contributed by atoms with van der Waals surface area (Å²) in [6.07, 6.45) is 0. The van der Waals surface area contributed by atoms with Crippen molar-refractivity contribution < 1.29 is 17.9 Å². The van der Waals surface area contributed by atoms with Gasteiger partial charge in [-0.1, -0.05) is 30.3 Å². The largest absolute Gasteiger partial charge is 0.497 e. The van der Waals surface area contributed by atoms with Crippen LogP contribution in [-0.4, -0.2) is 21.4 Å². The first-order chi connectivity index (χ1) is 16.9. The van der Waals surface area contributed by atoms with E-state index >= 15 is 0 Å². The lowest BCUT2D eigenvalue weighted by molar-refractivity contribution is 0.102. The number of nitrogens with zero attached hydrogens (tertiary/aromatic N) is 2. The Labute approximate surface area is 203 Å². The second-order valence-electron chi connectivity index (χ2n) is 7.36. The van der Waals surface area contributed by atoms with Crippen LogP contribution < -0.4 is 14.8 Å². The standard InChI is InChI=1S/C26H22N4O4S/c1-34-22-15-17-23(18-16-22)35(32,33)30-25-10-6-5-9-24(25)26(31)27-19-11-13-21(14-12-19)29-28-20-7-3-2-4-8-20/h2-18,30H,1H3,(H,27,31). The first kappa shape index (κ1) is 23.7. The topological polar surface area (TPSA) is 109 Å². The number of anilines is 2. The monoisotopic (exact) mass is 486 g/mol. The number of ether oxygens (including phenoxy) is 1. The maximum atomic E-state index is 12.9. The van der Waals surface area contributed by atoms with E-state index in [1.54, 1.807) is 54.6 Å². The van der Waals surface area contributed by atoms with Crippen LogP contribution in [0.3, 0.4) is 0 Å². The molecule has 35 heavy (non-hydrogen) atoms. The van der Waals surface area contributed by atoms with Gasteiger partial charge in [0.2, 0.25) is 0 Å². The summed E-state index contributed by atoms with van der Waals surface area (Å²) in [7, 11) is -2.41. The van der Waals surface area contributed by atoms with E-state index in [4.69, 9.17) is 4.74 Å². The zero-order valence-corrected chi connectivity index (χ0v) is 19.6. The molecule has 0 spiro atoms. The molecule has 0 heterocycles. The minimum atomic E-state index is -3.91. The molecule has 0 unspecified atom stereocenters. The van der Waals surface area contributed by atoms with Gasteiger partial charge >= 0.3 is 0 Å². The minimum absolute atomic E-state index is 0.0498. The number of carbonyl (C=O) groups excluding carboxylic acids is 1. The highest BCUT2D eigenvalue weighted by Crippen LogP contribution is 2.24. The summed E-state index contributed by atoms with van der Waals surface area (Å²) in [6.45, 7) is 0. The summed E-state index contributed by atoms with van der Waals surface area (Å²) in [5, 5.41) is 11.1. The van der Waals surface area contributed by atoms with E-state index in [2.05, 4.69) is 20.3 Å². The molecule has 0 aliphatic carbocycles. The number of methoxy groups -OCH3 is 1. The van der Waals surface area contributed by atoms with Crippen molar-refractivity contribution in [3.63, 3.8) is 0 Å². The molecule has 4 rings (SSSR count). The Morgan fingerprint density at radius 2 is 1.34 bits per heavy atom. The molecular weight excluding hydrogens is 464 g/mol. The van der Waals surface area contributed by atoms with Crippen molar-refractivity contribution in [2.75, 3.05) is 17.1 Å². The van der Waals surface area contributed by atoms with Gasteiger partial charge in [0.05, 0.1) is 34.6 Å². The van der Waals surface area contributed by atoms with E-state index in [0.29, 0.717) is 17.1 Å². The number of hydrogen-bond acceptors (Lipinski definition) is 6. The quantitative estimate of drug-likeness (QED) is 0.291. The molecule has 0 radical (unpaired) electrons. The third-order valence-electron chi connectivity index (χ3n) is 4.95. The highest BCUT2D eigenvalue weighted by atomic mass is 32.2. The van der Waals surface area contributed by atoms with E-state index in [9.17, 15) is 13.2 Å². The number of rotatable bonds is 8. The van der Waals surface area contributed by atoms with Gasteiger partial charge in [0, 0.05) is 5.69 Å². The number of nitrogens with one attached hydrogen (secondary N) is 2. The molecule has 8 nitrogen and oxygen atoms in total. The predicted octanol–water partition coefficient (Wildman–Crippen LogP) is 6.16. The SMILES string of the molecule is COc1ccc(S(=O)(=O)Nc2ccccc2C(=O)Nc2ccc(N=Nc3ccccc3)cc2)cc1. The molecule has 4 aromatic rings. The molecule has 2 N–H and O–H groups in total. The number of benzene rings is 4. The van der Waals surface area contributed by atoms with Gasteiger partial charge in [-0.25, -0.2) is 8.42 Å². The van der Waals surface area contributed by atoms with Crippen molar-refractivity contribution in [3.8, 4) is 5.75 Å². The zero-order valence-electron chi connectivity index (χ0n) is 18.8. The van der Waals surface area contributed by atoms with Gasteiger partial charge in [-0.15, -0.1) is 0 Å². The van der Waals surface area contributed by atoms with Crippen molar-refractivity contribution in [1.29, 1.82) is 0 Å². The molecule has 0 aromatic heterocycles.